The summed E-state index contributed by atoms with van der Waals surface area (Å²) in [6.45, 7) is 5.07. The summed E-state index contributed by atoms with van der Waals surface area (Å²) in [4.78, 5) is 38.6. The first-order valence-corrected chi connectivity index (χ1v) is 8.74. The molecule has 0 amide bonds. The molecule has 0 aliphatic rings. The van der Waals surface area contributed by atoms with Crippen molar-refractivity contribution in [3.05, 3.63) is 80.2 Å². The monoisotopic (exact) mass is 393 g/mol. The second kappa shape index (κ2) is 9.28. The fraction of sp³-hybridized carbons (Fsp3) is 0.190. The number of nitro benzene ring substituents is 1. The minimum Gasteiger partial charge on any atom is -0.462 e. The highest BCUT2D eigenvalue weighted by atomic mass is 16.6. The Morgan fingerprint density at radius 1 is 1.24 bits per heavy atom. The predicted octanol–water partition coefficient (Wildman–Crippen LogP) is 4.06. The minimum atomic E-state index is -0.648. The summed E-state index contributed by atoms with van der Waals surface area (Å²) in [5.74, 6) is -1.28. The number of Topliss-reactive ketones (excluding diaryl/α,β-unsaturated/α-hetero) is 1. The fourth-order valence-electron chi connectivity index (χ4n) is 2.86. The third-order valence-corrected chi connectivity index (χ3v) is 4.12. The normalized spacial score (nSPS) is 11.3. The number of aromatic amines is 1. The Hall–Kier alpha value is -3.99. The molecule has 0 saturated heterocycles. The zero-order valence-corrected chi connectivity index (χ0v) is 16.2. The van der Waals surface area contributed by atoms with Gasteiger partial charge in [0.1, 0.15) is 11.6 Å². The number of hydrogen-bond donors (Lipinski definition) is 1. The summed E-state index contributed by atoms with van der Waals surface area (Å²) in [5, 5.41) is 20.5. The second-order valence-corrected chi connectivity index (χ2v) is 6.04. The van der Waals surface area contributed by atoms with Crippen LogP contribution in [0.3, 0.4) is 0 Å². The van der Waals surface area contributed by atoms with Crippen molar-refractivity contribution < 1.29 is 19.2 Å². The molecule has 0 fully saturated rings. The van der Waals surface area contributed by atoms with Gasteiger partial charge in [0.2, 0.25) is 5.78 Å². The molecule has 1 heterocycles. The van der Waals surface area contributed by atoms with Gasteiger partial charge in [-0.3, -0.25) is 14.9 Å². The smallest absolute Gasteiger partial charge is 0.340 e. The van der Waals surface area contributed by atoms with Crippen LogP contribution in [0.4, 0.5) is 5.69 Å². The second-order valence-electron chi connectivity index (χ2n) is 6.04. The Labute approximate surface area is 167 Å². The van der Waals surface area contributed by atoms with Crippen molar-refractivity contribution >= 4 is 23.5 Å². The van der Waals surface area contributed by atoms with E-state index in [1.165, 1.54) is 24.3 Å². The van der Waals surface area contributed by atoms with E-state index in [4.69, 9.17) is 4.74 Å². The Bertz CT molecular complexity index is 1070. The number of esters is 1. The first kappa shape index (κ1) is 21.3. The lowest BCUT2D eigenvalue weighted by Gasteiger charge is -2.05. The average Bonchev–Trinajstić information content (AvgIpc) is 2.99. The maximum absolute atomic E-state index is 12.9. The molecule has 2 rings (SSSR count). The molecule has 0 aliphatic heterocycles. The van der Waals surface area contributed by atoms with Gasteiger partial charge in [-0.05, 0) is 39.0 Å². The molecule has 0 spiro atoms. The molecule has 1 N–H and O–H groups in total. The molecule has 0 atom stereocenters. The van der Waals surface area contributed by atoms with Crippen molar-refractivity contribution in [1.29, 1.82) is 5.26 Å². The lowest BCUT2D eigenvalue weighted by Crippen LogP contribution is -2.13. The maximum Gasteiger partial charge on any atom is 0.340 e. The van der Waals surface area contributed by atoms with Gasteiger partial charge < -0.3 is 9.72 Å². The molecule has 0 unspecified atom stereocenters. The predicted molar refractivity (Wildman–Crippen MR) is 106 cm³/mol. The van der Waals surface area contributed by atoms with Crippen LogP contribution in [-0.4, -0.2) is 28.3 Å². The van der Waals surface area contributed by atoms with Crippen LogP contribution in [0.1, 0.15) is 44.6 Å². The first-order valence-electron chi connectivity index (χ1n) is 8.74. The van der Waals surface area contributed by atoms with Gasteiger partial charge in [0.15, 0.2) is 0 Å². The van der Waals surface area contributed by atoms with Crippen LogP contribution in [0.25, 0.3) is 6.08 Å². The number of para-hydroxylation sites is 1. The lowest BCUT2D eigenvalue weighted by atomic mass is 9.99. The van der Waals surface area contributed by atoms with Crippen LogP contribution in [0.2, 0.25) is 0 Å². The van der Waals surface area contributed by atoms with Crippen LogP contribution >= 0.6 is 0 Å². The molecule has 0 bridgehead atoms. The molecule has 8 heteroatoms. The van der Waals surface area contributed by atoms with Crippen LogP contribution < -0.4 is 0 Å². The average molecular weight is 393 g/mol. The van der Waals surface area contributed by atoms with E-state index < -0.39 is 16.7 Å². The first-order chi connectivity index (χ1) is 13.8. The number of ketones is 1. The van der Waals surface area contributed by atoms with Crippen molar-refractivity contribution in [3.63, 3.8) is 0 Å². The number of carbonyl (C=O) groups is 2. The van der Waals surface area contributed by atoms with E-state index in [2.05, 4.69) is 4.98 Å². The number of nitro groups is 1. The van der Waals surface area contributed by atoms with Gasteiger partial charge in [-0.15, -0.1) is 0 Å². The number of aryl methyl sites for hydroxylation is 2. The largest absolute Gasteiger partial charge is 0.462 e. The van der Waals surface area contributed by atoms with Gasteiger partial charge >= 0.3 is 5.97 Å². The summed E-state index contributed by atoms with van der Waals surface area (Å²) in [5.41, 5.74) is 1.11. The summed E-state index contributed by atoms with van der Waals surface area (Å²) < 4.78 is 5.01. The van der Waals surface area contributed by atoms with Gasteiger partial charge in [0, 0.05) is 17.5 Å². The van der Waals surface area contributed by atoms with Crippen LogP contribution in [0.15, 0.2) is 42.0 Å². The number of H-pyrrole nitrogens is 1. The van der Waals surface area contributed by atoms with Crippen molar-refractivity contribution in [1.82, 2.24) is 4.98 Å². The Morgan fingerprint density at radius 3 is 2.52 bits per heavy atom. The zero-order chi connectivity index (χ0) is 21.6. The number of carbonyl (C=O) groups excluding carboxylic acids is 2. The Kier molecular flexibility index (Phi) is 6.82. The SMILES string of the molecule is CCOC(=O)c1c(C)[nH]c(C)c1C(=O)/C(C#N)=C/C=C/c1ccccc1[N+](=O)[O-]. The standard InChI is InChI=1S/C21H19N3O5/c1-4-29-21(26)19-14(3)23-13(2)18(19)20(25)16(12-22)10-7-9-15-8-5-6-11-17(15)24(27)28/h5-11,23H,4H2,1-3H3/b9-7+,16-10+. The quantitative estimate of drug-likeness (QED) is 0.144. The van der Waals surface area contributed by atoms with E-state index in [0.717, 1.165) is 0 Å². The number of nitrogens with zero attached hydrogens (tertiary/aromatic N) is 2. The van der Waals surface area contributed by atoms with E-state index in [1.807, 2.05) is 6.07 Å². The molecular weight excluding hydrogens is 374 g/mol. The number of allylic oxidation sites excluding steroid dienone is 3. The van der Waals surface area contributed by atoms with Gasteiger partial charge in [-0.25, -0.2) is 4.79 Å². The number of aromatic nitrogens is 1. The van der Waals surface area contributed by atoms with Gasteiger partial charge in [0.25, 0.3) is 5.69 Å². The third kappa shape index (κ3) is 4.65. The molecule has 148 valence electrons. The Balaban J connectivity index is 2.41. The molecule has 0 saturated carbocycles. The van der Waals surface area contributed by atoms with Crippen LogP contribution in [0, 0.1) is 35.3 Å². The van der Waals surface area contributed by atoms with Crippen LogP contribution in [0.5, 0.6) is 0 Å². The van der Waals surface area contributed by atoms with E-state index >= 15 is 0 Å². The van der Waals surface area contributed by atoms with Crippen molar-refractivity contribution in [2.45, 2.75) is 20.8 Å². The van der Waals surface area contributed by atoms with Gasteiger partial charge in [-0.1, -0.05) is 18.2 Å². The summed E-state index contributed by atoms with van der Waals surface area (Å²) in [6.07, 6.45) is 4.08. The number of nitriles is 1. The molecule has 1 aromatic carbocycles. The van der Waals surface area contributed by atoms with Crippen molar-refractivity contribution in [2.75, 3.05) is 6.61 Å². The number of rotatable bonds is 7. The highest BCUT2D eigenvalue weighted by Gasteiger charge is 2.27. The van der Waals surface area contributed by atoms with E-state index in [-0.39, 0.29) is 29.0 Å². The third-order valence-electron chi connectivity index (χ3n) is 4.12. The van der Waals surface area contributed by atoms with Crippen LogP contribution in [-0.2, 0) is 4.74 Å². The topological polar surface area (TPSA) is 126 Å². The highest BCUT2D eigenvalue weighted by Crippen LogP contribution is 2.23. The number of benzene rings is 1. The molecule has 8 nitrogen and oxygen atoms in total. The Morgan fingerprint density at radius 2 is 1.90 bits per heavy atom. The zero-order valence-electron chi connectivity index (χ0n) is 16.2. The molecule has 0 radical (unpaired) electrons. The van der Waals surface area contributed by atoms with E-state index in [1.54, 1.807) is 39.0 Å². The molecule has 1 aromatic heterocycles. The fourth-order valence-corrected chi connectivity index (χ4v) is 2.86. The summed E-state index contributed by atoms with van der Waals surface area (Å²) in [6, 6.07) is 7.92. The maximum atomic E-state index is 12.9. The highest BCUT2D eigenvalue weighted by molar-refractivity contribution is 6.17. The van der Waals surface area contributed by atoms with Gasteiger partial charge in [0.05, 0.1) is 28.2 Å². The molecule has 2 aromatic rings. The number of nitrogens with one attached hydrogen (secondary N) is 1. The van der Waals surface area contributed by atoms with Gasteiger partial charge in [-0.2, -0.15) is 5.26 Å². The molecule has 0 aliphatic carbocycles. The molecule has 29 heavy (non-hydrogen) atoms. The summed E-state index contributed by atoms with van der Waals surface area (Å²) >= 11 is 0. The molecular formula is C21H19N3O5. The lowest BCUT2D eigenvalue weighted by molar-refractivity contribution is -0.385. The number of ether oxygens (including phenoxy) is 1. The minimum absolute atomic E-state index is 0.0767. The number of hydrogen-bond acceptors (Lipinski definition) is 6. The van der Waals surface area contributed by atoms with E-state index in [0.29, 0.717) is 17.0 Å². The van der Waals surface area contributed by atoms with E-state index in [9.17, 15) is 25.0 Å². The van der Waals surface area contributed by atoms with Crippen molar-refractivity contribution in [2.24, 2.45) is 0 Å². The van der Waals surface area contributed by atoms with Crippen molar-refractivity contribution in [3.8, 4) is 6.07 Å². The summed E-state index contributed by atoms with van der Waals surface area (Å²) in [7, 11) is 0.